The summed E-state index contributed by atoms with van der Waals surface area (Å²) >= 11 is 3.42. The number of amides is 4. The third-order valence-corrected chi connectivity index (χ3v) is 5.98. The van der Waals surface area contributed by atoms with Gasteiger partial charge in [0, 0.05) is 0 Å². The van der Waals surface area contributed by atoms with Crippen LogP contribution < -0.4 is 19.7 Å². The van der Waals surface area contributed by atoms with E-state index < -0.39 is 29.6 Å². The van der Waals surface area contributed by atoms with Crippen molar-refractivity contribution in [3.63, 3.8) is 0 Å². The molecule has 194 valence electrons. The van der Waals surface area contributed by atoms with E-state index in [9.17, 15) is 23.6 Å². The molecule has 4 amide bonds. The lowest BCUT2D eigenvalue weighted by molar-refractivity contribution is -0.122. The summed E-state index contributed by atoms with van der Waals surface area (Å²) in [5.41, 5.74) is 0.741. The molecule has 1 fully saturated rings. The van der Waals surface area contributed by atoms with Gasteiger partial charge in [0.1, 0.15) is 18.0 Å². The van der Waals surface area contributed by atoms with E-state index in [0.29, 0.717) is 27.1 Å². The largest absolute Gasteiger partial charge is 0.490 e. The molecular formula is C27H20BrFN2O7. The number of hydrogen-bond acceptors (Lipinski definition) is 6. The number of anilines is 1. The topological polar surface area (TPSA) is 122 Å². The maximum atomic E-state index is 13.5. The summed E-state index contributed by atoms with van der Waals surface area (Å²) in [6.45, 7) is 2.12. The highest BCUT2D eigenvalue weighted by Gasteiger charge is 2.37. The predicted octanol–water partition coefficient (Wildman–Crippen LogP) is 4.93. The summed E-state index contributed by atoms with van der Waals surface area (Å²) < 4.78 is 25.5. The van der Waals surface area contributed by atoms with E-state index in [1.54, 1.807) is 31.2 Å². The summed E-state index contributed by atoms with van der Waals surface area (Å²) in [6.07, 6.45) is 1.30. The van der Waals surface area contributed by atoms with Crippen molar-refractivity contribution < 1.29 is 38.1 Å². The Labute approximate surface area is 224 Å². The number of urea groups is 1. The molecule has 3 aromatic rings. The van der Waals surface area contributed by atoms with E-state index in [-0.39, 0.29) is 30.0 Å². The van der Waals surface area contributed by atoms with Crippen LogP contribution in [0.3, 0.4) is 0 Å². The molecule has 0 atom stereocenters. The smallest absolute Gasteiger partial charge is 0.335 e. The zero-order valence-electron chi connectivity index (χ0n) is 19.9. The lowest BCUT2D eigenvalue weighted by atomic mass is 10.1. The fourth-order valence-electron chi connectivity index (χ4n) is 3.67. The molecule has 0 unspecified atom stereocenters. The zero-order chi connectivity index (χ0) is 27.4. The van der Waals surface area contributed by atoms with Crippen molar-refractivity contribution in [1.29, 1.82) is 0 Å². The van der Waals surface area contributed by atoms with Crippen molar-refractivity contribution in [2.75, 3.05) is 11.5 Å². The molecule has 2 N–H and O–H groups in total. The number of carbonyl (C=O) groups is 4. The lowest BCUT2D eigenvalue weighted by Crippen LogP contribution is -2.54. The van der Waals surface area contributed by atoms with Gasteiger partial charge in [0.25, 0.3) is 11.8 Å². The molecule has 1 saturated heterocycles. The van der Waals surface area contributed by atoms with Crippen molar-refractivity contribution in [2.24, 2.45) is 0 Å². The number of barbiturate groups is 1. The molecule has 0 aromatic heterocycles. The molecule has 0 radical (unpaired) electrons. The number of aromatic carboxylic acids is 1. The van der Waals surface area contributed by atoms with Gasteiger partial charge in [-0.3, -0.25) is 14.9 Å². The number of imide groups is 2. The number of nitrogens with one attached hydrogen (secondary N) is 1. The molecule has 1 aliphatic heterocycles. The third kappa shape index (κ3) is 5.73. The Hall–Kier alpha value is -4.51. The molecule has 0 saturated carbocycles. The number of ether oxygens (including phenoxy) is 2. The van der Waals surface area contributed by atoms with Crippen LogP contribution in [-0.2, 0) is 16.2 Å². The molecule has 1 aliphatic rings. The maximum Gasteiger partial charge on any atom is 0.335 e. The molecule has 1 heterocycles. The molecule has 38 heavy (non-hydrogen) atoms. The van der Waals surface area contributed by atoms with Gasteiger partial charge < -0.3 is 14.6 Å². The van der Waals surface area contributed by atoms with Gasteiger partial charge in [-0.2, -0.15) is 0 Å². The van der Waals surface area contributed by atoms with Crippen molar-refractivity contribution in [1.82, 2.24) is 5.32 Å². The molecule has 3 aromatic carbocycles. The van der Waals surface area contributed by atoms with Crippen LogP contribution >= 0.6 is 15.9 Å². The highest BCUT2D eigenvalue weighted by molar-refractivity contribution is 9.10. The third-order valence-electron chi connectivity index (χ3n) is 5.39. The Bertz CT molecular complexity index is 1470. The van der Waals surface area contributed by atoms with Crippen LogP contribution in [-0.4, -0.2) is 35.5 Å². The number of rotatable bonds is 8. The minimum absolute atomic E-state index is 0.0292. The Morgan fingerprint density at radius 3 is 2.47 bits per heavy atom. The first kappa shape index (κ1) is 26.6. The first-order valence-electron chi connectivity index (χ1n) is 11.3. The zero-order valence-corrected chi connectivity index (χ0v) is 21.5. The van der Waals surface area contributed by atoms with Gasteiger partial charge in [0.2, 0.25) is 0 Å². The van der Waals surface area contributed by atoms with Crippen molar-refractivity contribution in [3.8, 4) is 11.5 Å². The number of hydrogen-bond donors (Lipinski definition) is 2. The monoisotopic (exact) mass is 582 g/mol. The van der Waals surface area contributed by atoms with Crippen molar-refractivity contribution in [2.45, 2.75) is 13.5 Å². The van der Waals surface area contributed by atoms with Crippen LogP contribution in [0.25, 0.3) is 6.08 Å². The number of carboxylic acids is 1. The van der Waals surface area contributed by atoms with Gasteiger partial charge in [-0.25, -0.2) is 18.9 Å². The normalized spacial score (nSPS) is 14.4. The Morgan fingerprint density at radius 1 is 1.08 bits per heavy atom. The second kappa shape index (κ2) is 11.3. The van der Waals surface area contributed by atoms with Gasteiger partial charge in [-0.15, -0.1) is 0 Å². The molecule has 0 aliphatic carbocycles. The average molecular weight is 583 g/mol. The molecule has 9 nitrogen and oxygen atoms in total. The number of carboxylic acid groups (broad SMARTS) is 1. The Balaban J connectivity index is 1.65. The van der Waals surface area contributed by atoms with Gasteiger partial charge in [-0.05, 0) is 88.6 Å². The molecular weight excluding hydrogens is 563 g/mol. The minimum Gasteiger partial charge on any atom is -0.490 e. The van der Waals surface area contributed by atoms with E-state index in [2.05, 4.69) is 21.2 Å². The molecule has 4 rings (SSSR count). The summed E-state index contributed by atoms with van der Waals surface area (Å²) in [7, 11) is 0. The summed E-state index contributed by atoms with van der Waals surface area (Å²) in [5.74, 6) is -2.68. The van der Waals surface area contributed by atoms with Gasteiger partial charge >= 0.3 is 12.0 Å². The van der Waals surface area contributed by atoms with Crippen LogP contribution in [0.2, 0.25) is 0 Å². The standard InChI is InChI=1S/C27H20BrFN2O7/c1-2-37-22-13-16(12-21(28)23(22)38-14-15-4-3-5-18(29)10-15)11-20-24(32)30-27(36)31(25(20)33)19-8-6-17(7-9-19)26(34)35/h3-13H,2,14H2,1H3,(H,34,35)(H,30,32,36)/b20-11+. The highest BCUT2D eigenvalue weighted by atomic mass is 79.9. The second-order valence-electron chi connectivity index (χ2n) is 7.99. The minimum atomic E-state index is -1.17. The van der Waals surface area contributed by atoms with E-state index >= 15 is 0 Å². The van der Waals surface area contributed by atoms with Gasteiger partial charge in [-0.1, -0.05) is 12.1 Å². The highest BCUT2D eigenvalue weighted by Crippen LogP contribution is 2.38. The van der Waals surface area contributed by atoms with Crippen LogP contribution in [0.5, 0.6) is 11.5 Å². The van der Waals surface area contributed by atoms with Crippen molar-refractivity contribution >= 4 is 51.5 Å². The summed E-state index contributed by atoms with van der Waals surface area (Å²) in [4.78, 5) is 50.0. The fourth-order valence-corrected chi connectivity index (χ4v) is 4.24. The second-order valence-corrected chi connectivity index (χ2v) is 8.85. The summed E-state index contributed by atoms with van der Waals surface area (Å²) in [6, 6.07) is 13.2. The van der Waals surface area contributed by atoms with Crippen molar-refractivity contribution in [3.05, 3.63) is 93.2 Å². The molecule has 0 bridgehead atoms. The first-order valence-corrected chi connectivity index (χ1v) is 12.1. The van der Waals surface area contributed by atoms with E-state index in [4.69, 9.17) is 14.6 Å². The average Bonchev–Trinajstić information content (AvgIpc) is 2.86. The van der Waals surface area contributed by atoms with Crippen LogP contribution in [0.15, 0.2) is 70.7 Å². The lowest BCUT2D eigenvalue weighted by Gasteiger charge is -2.26. The SMILES string of the molecule is CCOc1cc(/C=C2\C(=O)NC(=O)N(c3ccc(C(=O)O)cc3)C2=O)cc(Br)c1OCc1cccc(F)c1. The number of benzene rings is 3. The molecule has 0 spiro atoms. The fraction of sp³-hybridized carbons (Fsp3) is 0.111. The first-order chi connectivity index (χ1) is 18.2. The Morgan fingerprint density at radius 2 is 1.82 bits per heavy atom. The predicted molar refractivity (Wildman–Crippen MR) is 138 cm³/mol. The van der Waals surface area contributed by atoms with Crippen LogP contribution in [0, 0.1) is 5.82 Å². The quantitative estimate of drug-likeness (QED) is 0.285. The van der Waals surface area contributed by atoms with Crippen LogP contribution in [0.1, 0.15) is 28.4 Å². The van der Waals surface area contributed by atoms with Crippen LogP contribution in [0.4, 0.5) is 14.9 Å². The number of nitrogens with zero attached hydrogens (tertiary/aromatic N) is 1. The Kier molecular flexibility index (Phi) is 7.87. The van der Waals surface area contributed by atoms with E-state index in [0.717, 1.165) is 4.90 Å². The van der Waals surface area contributed by atoms with E-state index in [1.807, 2.05) is 0 Å². The van der Waals surface area contributed by atoms with E-state index in [1.165, 1.54) is 42.5 Å². The number of carbonyl (C=O) groups excluding carboxylic acids is 3. The molecule has 11 heteroatoms. The maximum absolute atomic E-state index is 13.5. The number of halogens is 2. The van der Waals surface area contributed by atoms with Gasteiger partial charge in [0.15, 0.2) is 11.5 Å². The summed E-state index contributed by atoms with van der Waals surface area (Å²) in [5, 5.41) is 11.2. The van der Waals surface area contributed by atoms with Gasteiger partial charge in [0.05, 0.1) is 22.3 Å².